The molecule has 1 aliphatic heterocycles. The van der Waals surface area contributed by atoms with Gasteiger partial charge in [0.25, 0.3) is 0 Å². The first-order valence-electron chi connectivity index (χ1n) is 5.36. The third-order valence-electron chi connectivity index (χ3n) is 2.78. The van der Waals surface area contributed by atoms with E-state index in [2.05, 4.69) is 30.1 Å². The van der Waals surface area contributed by atoms with Gasteiger partial charge in [0.2, 0.25) is 0 Å². The van der Waals surface area contributed by atoms with Crippen LogP contribution in [0.2, 0.25) is 5.02 Å². The molecule has 0 spiro atoms. The molecule has 2 rings (SSSR count). The Morgan fingerprint density at radius 3 is 2.80 bits per heavy atom. The van der Waals surface area contributed by atoms with E-state index >= 15 is 0 Å². The summed E-state index contributed by atoms with van der Waals surface area (Å²) >= 11 is 8.04. The van der Waals surface area contributed by atoms with Crippen molar-refractivity contribution in [3.8, 4) is 0 Å². The zero-order valence-electron chi connectivity index (χ0n) is 8.92. The smallest absolute Gasteiger partial charge is 0.0426 e. The highest BCUT2D eigenvalue weighted by Crippen LogP contribution is 2.25. The second-order valence-electron chi connectivity index (χ2n) is 3.99. The molecule has 1 aromatic carbocycles. The molecule has 0 amide bonds. The SMILES string of the molecule is Cc1ccc(Cl)cc1NC1CCSCC1. The molecule has 0 saturated carbocycles. The summed E-state index contributed by atoms with van der Waals surface area (Å²) in [6.07, 6.45) is 2.52. The maximum Gasteiger partial charge on any atom is 0.0426 e. The molecule has 1 fully saturated rings. The van der Waals surface area contributed by atoms with Crippen molar-refractivity contribution >= 4 is 29.1 Å². The predicted octanol–water partition coefficient (Wildman–Crippen LogP) is 3.96. The molecule has 0 aliphatic carbocycles. The van der Waals surface area contributed by atoms with Crippen molar-refractivity contribution in [2.45, 2.75) is 25.8 Å². The van der Waals surface area contributed by atoms with Gasteiger partial charge in [-0.05, 0) is 49.0 Å². The monoisotopic (exact) mass is 241 g/mol. The third kappa shape index (κ3) is 3.05. The highest BCUT2D eigenvalue weighted by molar-refractivity contribution is 7.99. The summed E-state index contributed by atoms with van der Waals surface area (Å²) in [6.45, 7) is 2.12. The van der Waals surface area contributed by atoms with Gasteiger partial charge in [0.05, 0.1) is 0 Å². The van der Waals surface area contributed by atoms with Crippen molar-refractivity contribution in [2.24, 2.45) is 0 Å². The molecule has 82 valence electrons. The van der Waals surface area contributed by atoms with Crippen LogP contribution in [0.15, 0.2) is 18.2 Å². The standard InChI is InChI=1S/C12H16ClNS/c1-9-2-3-10(13)8-12(9)14-11-4-6-15-7-5-11/h2-3,8,11,14H,4-7H2,1H3. The molecule has 0 bridgehead atoms. The Balaban J connectivity index is 2.05. The van der Waals surface area contributed by atoms with Crippen LogP contribution >= 0.6 is 23.4 Å². The lowest BCUT2D eigenvalue weighted by Gasteiger charge is -2.24. The van der Waals surface area contributed by atoms with Crippen molar-refractivity contribution in [1.29, 1.82) is 0 Å². The molecule has 15 heavy (non-hydrogen) atoms. The second-order valence-corrected chi connectivity index (χ2v) is 5.65. The Morgan fingerprint density at radius 1 is 1.33 bits per heavy atom. The minimum absolute atomic E-state index is 0.628. The Kier molecular flexibility index (Phi) is 3.81. The van der Waals surface area contributed by atoms with Crippen molar-refractivity contribution in [3.63, 3.8) is 0 Å². The van der Waals surface area contributed by atoms with Gasteiger partial charge in [-0.3, -0.25) is 0 Å². The lowest BCUT2D eigenvalue weighted by molar-refractivity contribution is 0.666. The van der Waals surface area contributed by atoms with Gasteiger partial charge in [0, 0.05) is 16.8 Å². The van der Waals surface area contributed by atoms with Crippen LogP contribution in [0.3, 0.4) is 0 Å². The van der Waals surface area contributed by atoms with E-state index in [1.54, 1.807) is 0 Å². The van der Waals surface area contributed by atoms with E-state index in [1.807, 2.05) is 12.1 Å². The number of benzene rings is 1. The summed E-state index contributed by atoms with van der Waals surface area (Å²) < 4.78 is 0. The number of aryl methyl sites for hydroxylation is 1. The fraction of sp³-hybridized carbons (Fsp3) is 0.500. The zero-order valence-corrected chi connectivity index (χ0v) is 10.5. The third-order valence-corrected chi connectivity index (χ3v) is 4.06. The summed E-state index contributed by atoms with van der Waals surface area (Å²) in [5, 5.41) is 4.41. The molecular weight excluding hydrogens is 226 g/mol. The Labute approximate surface area is 101 Å². The number of hydrogen-bond acceptors (Lipinski definition) is 2. The van der Waals surface area contributed by atoms with Crippen LogP contribution in [-0.2, 0) is 0 Å². The fourth-order valence-electron chi connectivity index (χ4n) is 1.81. The highest BCUT2D eigenvalue weighted by Gasteiger charge is 2.13. The van der Waals surface area contributed by atoms with E-state index in [1.165, 1.54) is 35.6 Å². The van der Waals surface area contributed by atoms with Gasteiger partial charge in [-0.2, -0.15) is 11.8 Å². The Bertz CT molecular complexity index is 334. The van der Waals surface area contributed by atoms with Crippen LogP contribution in [0.25, 0.3) is 0 Å². The lowest BCUT2D eigenvalue weighted by Crippen LogP contribution is -2.24. The van der Waals surface area contributed by atoms with Crippen LogP contribution in [0.4, 0.5) is 5.69 Å². The molecule has 0 aromatic heterocycles. The molecule has 1 nitrogen and oxygen atoms in total. The van der Waals surface area contributed by atoms with Gasteiger partial charge < -0.3 is 5.32 Å². The maximum absolute atomic E-state index is 5.99. The largest absolute Gasteiger partial charge is 0.382 e. The molecule has 1 heterocycles. The summed E-state index contributed by atoms with van der Waals surface area (Å²) in [5.41, 5.74) is 2.47. The molecule has 0 atom stereocenters. The normalized spacial score (nSPS) is 17.7. The van der Waals surface area contributed by atoms with Gasteiger partial charge in [0.1, 0.15) is 0 Å². The van der Waals surface area contributed by atoms with E-state index in [0.29, 0.717) is 6.04 Å². The van der Waals surface area contributed by atoms with Crippen molar-refractivity contribution in [1.82, 2.24) is 0 Å². The maximum atomic E-state index is 5.99. The van der Waals surface area contributed by atoms with Gasteiger partial charge in [-0.15, -0.1) is 0 Å². The van der Waals surface area contributed by atoms with Gasteiger partial charge in [-0.1, -0.05) is 17.7 Å². The van der Waals surface area contributed by atoms with E-state index in [9.17, 15) is 0 Å². The molecule has 0 radical (unpaired) electrons. The first-order chi connectivity index (χ1) is 7.25. The molecule has 1 aromatic rings. The van der Waals surface area contributed by atoms with Crippen LogP contribution < -0.4 is 5.32 Å². The molecule has 1 saturated heterocycles. The van der Waals surface area contributed by atoms with E-state index in [4.69, 9.17) is 11.6 Å². The average Bonchev–Trinajstić information content (AvgIpc) is 2.25. The zero-order chi connectivity index (χ0) is 10.7. The lowest BCUT2D eigenvalue weighted by atomic mass is 10.1. The van der Waals surface area contributed by atoms with Crippen LogP contribution in [-0.4, -0.2) is 17.5 Å². The van der Waals surface area contributed by atoms with Crippen molar-refractivity contribution < 1.29 is 0 Å². The van der Waals surface area contributed by atoms with Crippen molar-refractivity contribution in [3.05, 3.63) is 28.8 Å². The van der Waals surface area contributed by atoms with E-state index in [-0.39, 0.29) is 0 Å². The minimum Gasteiger partial charge on any atom is -0.382 e. The number of anilines is 1. The van der Waals surface area contributed by atoms with E-state index in [0.717, 1.165) is 5.02 Å². The topological polar surface area (TPSA) is 12.0 Å². The fourth-order valence-corrected chi connectivity index (χ4v) is 3.09. The Morgan fingerprint density at radius 2 is 2.07 bits per heavy atom. The first-order valence-corrected chi connectivity index (χ1v) is 6.89. The number of hydrogen-bond donors (Lipinski definition) is 1. The number of rotatable bonds is 2. The van der Waals surface area contributed by atoms with E-state index < -0.39 is 0 Å². The number of halogens is 1. The quantitative estimate of drug-likeness (QED) is 0.841. The summed E-state index contributed by atoms with van der Waals surface area (Å²) in [4.78, 5) is 0. The second kappa shape index (κ2) is 5.13. The van der Waals surface area contributed by atoms with Gasteiger partial charge >= 0.3 is 0 Å². The Hall–Kier alpha value is -0.340. The van der Waals surface area contributed by atoms with Crippen LogP contribution in [0, 0.1) is 6.92 Å². The van der Waals surface area contributed by atoms with Gasteiger partial charge in [0.15, 0.2) is 0 Å². The van der Waals surface area contributed by atoms with Crippen LogP contribution in [0.1, 0.15) is 18.4 Å². The molecule has 3 heteroatoms. The number of thioether (sulfide) groups is 1. The number of nitrogens with one attached hydrogen (secondary N) is 1. The minimum atomic E-state index is 0.628. The average molecular weight is 242 g/mol. The summed E-state index contributed by atoms with van der Waals surface area (Å²) in [7, 11) is 0. The highest BCUT2D eigenvalue weighted by atomic mass is 35.5. The summed E-state index contributed by atoms with van der Waals surface area (Å²) in [5.74, 6) is 2.55. The van der Waals surface area contributed by atoms with Crippen molar-refractivity contribution in [2.75, 3.05) is 16.8 Å². The molecule has 1 N–H and O–H groups in total. The van der Waals surface area contributed by atoms with Crippen LogP contribution in [0.5, 0.6) is 0 Å². The van der Waals surface area contributed by atoms with Gasteiger partial charge in [-0.25, -0.2) is 0 Å². The molecular formula is C12H16ClNS. The summed E-state index contributed by atoms with van der Waals surface area (Å²) in [6, 6.07) is 6.67. The predicted molar refractivity (Wildman–Crippen MR) is 70.2 cm³/mol. The first kappa shape index (κ1) is 11.2. The molecule has 1 aliphatic rings. The molecule has 0 unspecified atom stereocenters.